The van der Waals surface area contributed by atoms with E-state index in [0.29, 0.717) is 5.69 Å². The van der Waals surface area contributed by atoms with E-state index < -0.39 is 19.6 Å². The van der Waals surface area contributed by atoms with Gasteiger partial charge < -0.3 is 19.7 Å². The first-order chi connectivity index (χ1) is 10.7. The highest BCUT2D eigenvalue weighted by molar-refractivity contribution is 7.80. The van der Waals surface area contributed by atoms with Crippen LogP contribution >= 0.6 is 19.8 Å². The summed E-state index contributed by atoms with van der Waals surface area (Å²) in [6.07, 6.45) is -4.87. The van der Waals surface area contributed by atoms with Crippen LogP contribution in [0.25, 0.3) is 0 Å². The van der Waals surface area contributed by atoms with Crippen molar-refractivity contribution in [2.45, 2.75) is 25.8 Å². The molecule has 1 atom stereocenters. The van der Waals surface area contributed by atoms with Gasteiger partial charge in [-0.2, -0.15) is 13.2 Å². The Bertz CT molecular complexity index is 547. The maximum absolute atomic E-state index is 13.3. The number of rotatable bonds is 7. The Balaban J connectivity index is 2.94. The predicted octanol–water partition coefficient (Wildman–Crippen LogP) is 4.13. The Morgan fingerprint density at radius 2 is 1.74 bits per heavy atom. The molecule has 0 amide bonds. The number of benzene rings is 1. The zero-order valence-electron chi connectivity index (χ0n) is 12.6. The second-order valence-electron chi connectivity index (χ2n) is 4.28. The summed E-state index contributed by atoms with van der Waals surface area (Å²) in [5, 5.41) is 4.25. The molecule has 0 aromatic heterocycles. The molecule has 130 valence electrons. The van der Waals surface area contributed by atoms with Crippen LogP contribution in [0.15, 0.2) is 30.3 Å². The molecule has 2 N–H and O–H groups in total. The topological polar surface area (TPSA) is 59.6 Å². The van der Waals surface area contributed by atoms with Gasteiger partial charge in [0.25, 0.3) is 0 Å². The lowest BCUT2D eigenvalue weighted by Crippen LogP contribution is -2.47. The van der Waals surface area contributed by atoms with Crippen LogP contribution in [0, 0.1) is 0 Å². The minimum Gasteiger partial charge on any atom is -0.341 e. The number of alkyl halides is 3. The number of anilines is 1. The van der Waals surface area contributed by atoms with E-state index in [1.54, 1.807) is 30.3 Å². The zero-order chi connectivity index (χ0) is 17.5. The first kappa shape index (κ1) is 19.9. The van der Waals surface area contributed by atoms with Gasteiger partial charge in [0, 0.05) is 5.69 Å². The van der Waals surface area contributed by atoms with E-state index in [-0.39, 0.29) is 18.3 Å². The van der Waals surface area contributed by atoms with Crippen LogP contribution in [-0.2, 0) is 13.6 Å². The largest absolute Gasteiger partial charge is 0.420 e. The monoisotopic (exact) mass is 370 g/mol. The van der Waals surface area contributed by atoms with Gasteiger partial charge in [0.05, 0.1) is 13.2 Å². The summed E-state index contributed by atoms with van der Waals surface area (Å²) < 4.78 is 61.8. The average Bonchev–Trinajstić information content (AvgIpc) is 2.45. The molecule has 0 aliphatic heterocycles. The molecule has 1 aromatic carbocycles. The van der Waals surface area contributed by atoms with Gasteiger partial charge in [-0.3, -0.25) is 4.57 Å². The van der Waals surface area contributed by atoms with Crippen molar-refractivity contribution in [2.24, 2.45) is 0 Å². The van der Waals surface area contributed by atoms with Crippen LogP contribution in [0.2, 0.25) is 0 Å². The molecule has 0 heterocycles. The fourth-order valence-corrected chi connectivity index (χ4v) is 3.76. The van der Waals surface area contributed by atoms with Crippen LogP contribution in [0.5, 0.6) is 0 Å². The summed E-state index contributed by atoms with van der Waals surface area (Å²) in [4.78, 5) is 0. The second kappa shape index (κ2) is 8.63. The summed E-state index contributed by atoms with van der Waals surface area (Å²) >= 11 is 4.86. The van der Waals surface area contributed by atoms with E-state index in [1.165, 1.54) is 13.8 Å². The molecule has 0 radical (unpaired) electrons. The van der Waals surface area contributed by atoms with E-state index in [4.69, 9.17) is 21.3 Å². The first-order valence-corrected chi connectivity index (χ1v) is 8.83. The summed E-state index contributed by atoms with van der Waals surface area (Å²) in [5.41, 5.74) is 0.494. The van der Waals surface area contributed by atoms with Crippen molar-refractivity contribution >= 4 is 30.6 Å². The maximum Gasteiger partial charge on any atom is 0.420 e. The second-order valence-corrected chi connectivity index (χ2v) is 6.80. The van der Waals surface area contributed by atoms with Gasteiger partial charge in [0.2, 0.25) is 5.78 Å². The molecule has 5 nitrogen and oxygen atoms in total. The van der Waals surface area contributed by atoms with Gasteiger partial charge in [-0.1, -0.05) is 18.2 Å². The molecule has 0 saturated heterocycles. The van der Waals surface area contributed by atoms with Crippen LogP contribution < -0.4 is 10.6 Å². The molecule has 0 aliphatic carbocycles. The SMILES string of the molecule is CCOP(=O)(OCC)[C@H](NC(=S)Nc1ccccc1)C(F)(F)F. The lowest BCUT2D eigenvalue weighted by Gasteiger charge is -2.29. The van der Waals surface area contributed by atoms with Crippen molar-refractivity contribution in [3.05, 3.63) is 30.3 Å². The van der Waals surface area contributed by atoms with Gasteiger partial charge in [0.1, 0.15) is 0 Å². The molecule has 1 aromatic rings. The molecule has 1 rings (SSSR count). The Kier molecular flexibility index (Phi) is 7.47. The summed E-state index contributed by atoms with van der Waals surface area (Å²) in [6.45, 7) is 2.48. The van der Waals surface area contributed by atoms with E-state index in [1.807, 2.05) is 5.32 Å². The fourth-order valence-electron chi connectivity index (χ4n) is 1.70. The number of para-hydroxylation sites is 1. The van der Waals surface area contributed by atoms with E-state index >= 15 is 0 Å². The highest BCUT2D eigenvalue weighted by atomic mass is 32.1. The van der Waals surface area contributed by atoms with Crippen LogP contribution in [0.4, 0.5) is 18.9 Å². The Labute approximate surface area is 138 Å². The highest BCUT2D eigenvalue weighted by Gasteiger charge is 2.54. The zero-order valence-corrected chi connectivity index (χ0v) is 14.3. The predicted molar refractivity (Wildman–Crippen MR) is 86.5 cm³/mol. The van der Waals surface area contributed by atoms with Crippen LogP contribution in [-0.4, -0.2) is 30.3 Å². The first-order valence-electron chi connectivity index (χ1n) is 6.81. The molecule has 23 heavy (non-hydrogen) atoms. The fraction of sp³-hybridized carbons (Fsp3) is 0.462. The third-order valence-corrected chi connectivity index (χ3v) is 5.05. The van der Waals surface area contributed by atoms with Crippen molar-refractivity contribution in [2.75, 3.05) is 18.5 Å². The minimum atomic E-state index is -4.87. The van der Waals surface area contributed by atoms with Gasteiger partial charge in [-0.05, 0) is 38.2 Å². The average molecular weight is 370 g/mol. The summed E-state index contributed by atoms with van der Waals surface area (Å²) in [7, 11) is -4.47. The number of nitrogens with one attached hydrogen (secondary N) is 2. The number of halogens is 3. The van der Waals surface area contributed by atoms with Gasteiger partial charge in [-0.25, -0.2) is 0 Å². The quantitative estimate of drug-likeness (QED) is 0.556. The van der Waals surface area contributed by atoms with Crippen LogP contribution in [0.1, 0.15) is 13.8 Å². The highest BCUT2D eigenvalue weighted by Crippen LogP contribution is 2.56. The molecule has 10 heteroatoms. The maximum atomic E-state index is 13.3. The van der Waals surface area contributed by atoms with Crippen molar-refractivity contribution in [1.29, 1.82) is 0 Å². The molecule has 0 bridgehead atoms. The van der Waals surface area contributed by atoms with Crippen molar-refractivity contribution in [3.8, 4) is 0 Å². The summed E-state index contributed by atoms with van der Waals surface area (Å²) in [6, 6.07) is 8.38. The van der Waals surface area contributed by atoms with Crippen molar-refractivity contribution in [3.63, 3.8) is 0 Å². The Morgan fingerprint density at radius 3 is 2.17 bits per heavy atom. The van der Waals surface area contributed by atoms with E-state index in [2.05, 4.69) is 5.32 Å². The molecular formula is C13H18F3N2O3PS. The van der Waals surface area contributed by atoms with Crippen LogP contribution in [0.3, 0.4) is 0 Å². The molecule has 0 fully saturated rings. The third-order valence-electron chi connectivity index (χ3n) is 2.54. The molecule has 0 spiro atoms. The Morgan fingerprint density at radius 1 is 1.22 bits per heavy atom. The van der Waals surface area contributed by atoms with Gasteiger partial charge >= 0.3 is 13.8 Å². The summed E-state index contributed by atoms with van der Waals surface area (Å²) in [5.74, 6) is -2.56. The Hall–Kier alpha value is -1.15. The third kappa shape index (κ3) is 6.10. The van der Waals surface area contributed by atoms with E-state index in [9.17, 15) is 17.7 Å². The van der Waals surface area contributed by atoms with Gasteiger partial charge in [-0.15, -0.1) is 0 Å². The van der Waals surface area contributed by atoms with Crippen molar-refractivity contribution in [1.82, 2.24) is 5.32 Å². The molecule has 0 saturated carbocycles. The lowest BCUT2D eigenvalue weighted by molar-refractivity contribution is -0.138. The normalized spacial score (nSPS) is 13.4. The number of hydrogen-bond donors (Lipinski definition) is 2. The molecular weight excluding hydrogens is 352 g/mol. The van der Waals surface area contributed by atoms with Gasteiger partial charge in [0.15, 0.2) is 5.11 Å². The molecule has 0 aliphatic rings. The standard InChI is InChI=1S/C13H18F3N2O3PS/c1-3-20-22(19,21-4-2)11(13(14,15)16)18-12(23)17-10-8-6-5-7-9-10/h5-9,11H,3-4H2,1-2H3,(H2,17,18,23)/t11-/m0/s1. The number of hydrogen-bond acceptors (Lipinski definition) is 4. The molecule has 0 unspecified atom stereocenters. The van der Waals surface area contributed by atoms with Crippen molar-refractivity contribution < 1.29 is 26.8 Å². The minimum absolute atomic E-state index is 0.190. The smallest absolute Gasteiger partial charge is 0.341 e. The lowest BCUT2D eigenvalue weighted by atomic mass is 10.3. The van der Waals surface area contributed by atoms with E-state index in [0.717, 1.165) is 0 Å². The number of thiocarbonyl (C=S) groups is 1.